The lowest BCUT2D eigenvalue weighted by atomic mass is 10.2. The molecule has 0 saturated carbocycles. The minimum absolute atomic E-state index is 0.260. The van der Waals surface area contributed by atoms with E-state index in [4.69, 9.17) is 4.74 Å². The fourth-order valence-corrected chi connectivity index (χ4v) is 1.34. The second-order valence-electron chi connectivity index (χ2n) is 3.50. The number of benzene rings is 1. The third-order valence-corrected chi connectivity index (χ3v) is 2.10. The molecule has 0 aromatic heterocycles. The first-order valence-corrected chi connectivity index (χ1v) is 5.50. The van der Waals surface area contributed by atoms with Gasteiger partial charge in [0.2, 0.25) is 0 Å². The summed E-state index contributed by atoms with van der Waals surface area (Å²) in [4.78, 5) is 0. The Morgan fingerprint density at radius 3 is 2.94 bits per heavy atom. The van der Waals surface area contributed by atoms with Gasteiger partial charge in [-0.15, -0.1) is 6.58 Å². The summed E-state index contributed by atoms with van der Waals surface area (Å²) in [5.74, 6) is 0.318. The molecule has 0 aliphatic rings. The molecule has 0 fully saturated rings. The van der Waals surface area contributed by atoms with Crippen molar-refractivity contribution in [2.45, 2.75) is 19.9 Å². The van der Waals surface area contributed by atoms with Gasteiger partial charge in [-0.3, -0.25) is 0 Å². The minimum atomic E-state index is -0.260. The molecule has 1 rings (SSSR count). The molecule has 2 nitrogen and oxygen atoms in total. The van der Waals surface area contributed by atoms with Crippen LogP contribution in [0.15, 0.2) is 30.9 Å². The van der Waals surface area contributed by atoms with Crippen molar-refractivity contribution in [3.8, 4) is 5.75 Å². The normalized spacial score (nSPS) is 10.1. The third-order valence-electron chi connectivity index (χ3n) is 2.10. The second kappa shape index (κ2) is 7.01. The molecule has 0 heterocycles. The van der Waals surface area contributed by atoms with Crippen LogP contribution in [0.2, 0.25) is 0 Å². The number of halogens is 1. The van der Waals surface area contributed by atoms with Crippen molar-refractivity contribution in [3.63, 3.8) is 0 Å². The van der Waals surface area contributed by atoms with Gasteiger partial charge in [0.1, 0.15) is 11.6 Å². The third kappa shape index (κ3) is 4.45. The molecule has 1 aromatic rings. The summed E-state index contributed by atoms with van der Waals surface area (Å²) in [6.45, 7) is 7.68. The first kappa shape index (κ1) is 12.7. The summed E-state index contributed by atoms with van der Waals surface area (Å²) < 4.78 is 18.6. The van der Waals surface area contributed by atoms with Crippen LogP contribution in [0.4, 0.5) is 4.39 Å². The number of rotatable bonds is 7. The van der Waals surface area contributed by atoms with E-state index >= 15 is 0 Å². The van der Waals surface area contributed by atoms with Gasteiger partial charge in [-0.2, -0.15) is 0 Å². The Morgan fingerprint density at radius 2 is 2.25 bits per heavy atom. The maximum absolute atomic E-state index is 13.2. The van der Waals surface area contributed by atoms with Gasteiger partial charge in [0, 0.05) is 12.6 Å². The smallest absolute Gasteiger partial charge is 0.127 e. The van der Waals surface area contributed by atoms with Gasteiger partial charge in [-0.05, 0) is 30.7 Å². The lowest BCUT2D eigenvalue weighted by molar-refractivity contribution is 0.323. The van der Waals surface area contributed by atoms with E-state index in [2.05, 4.69) is 11.9 Å². The summed E-state index contributed by atoms with van der Waals surface area (Å²) >= 11 is 0. The average molecular weight is 223 g/mol. The molecule has 1 aromatic carbocycles. The highest BCUT2D eigenvalue weighted by Gasteiger charge is 2.01. The summed E-state index contributed by atoms with van der Waals surface area (Å²) in [6.07, 6.45) is 2.54. The Morgan fingerprint density at radius 1 is 1.44 bits per heavy atom. The zero-order valence-electron chi connectivity index (χ0n) is 9.63. The number of ether oxygens (including phenoxy) is 1. The molecule has 0 spiro atoms. The Labute approximate surface area is 96.1 Å². The quantitative estimate of drug-likeness (QED) is 0.567. The fourth-order valence-electron chi connectivity index (χ4n) is 1.34. The van der Waals surface area contributed by atoms with Crippen LogP contribution in [0.25, 0.3) is 0 Å². The van der Waals surface area contributed by atoms with Crippen molar-refractivity contribution in [1.29, 1.82) is 0 Å². The van der Waals surface area contributed by atoms with Crippen LogP contribution in [0.3, 0.4) is 0 Å². The van der Waals surface area contributed by atoms with Gasteiger partial charge in [0.15, 0.2) is 0 Å². The van der Waals surface area contributed by atoms with Crippen LogP contribution in [0.1, 0.15) is 18.9 Å². The van der Waals surface area contributed by atoms with E-state index < -0.39 is 0 Å². The standard InChI is InChI=1S/C13H18FNO/c1-3-5-6-16-13-8-11(10-15-4-2)7-12(14)9-13/h3,7-9,15H,1,4-6,10H2,2H3. The zero-order chi connectivity index (χ0) is 11.8. The molecule has 3 heteroatoms. The van der Waals surface area contributed by atoms with Crippen LogP contribution in [0, 0.1) is 5.82 Å². The predicted molar refractivity (Wildman–Crippen MR) is 64.1 cm³/mol. The van der Waals surface area contributed by atoms with Crippen molar-refractivity contribution in [2.75, 3.05) is 13.2 Å². The van der Waals surface area contributed by atoms with E-state index in [1.165, 1.54) is 12.1 Å². The van der Waals surface area contributed by atoms with Crippen molar-refractivity contribution in [3.05, 3.63) is 42.2 Å². The number of nitrogens with one attached hydrogen (secondary N) is 1. The van der Waals surface area contributed by atoms with Gasteiger partial charge in [0.25, 0.3) is 0 Å². The van der Waals surface area contributed by atoms with Gasteiger partial charge in [-0.1, -0.05) is 13.0 Å². The van der Waals surface area contributed by atoms with Crippen molar-refractivity contribution < 1.29 is 9.13 Å². The molecule has 0 aliphatic heterocycles. The number of hydrogen-bond acceptors (Lipinski definition) is 2. The van der Waals surface area contributed by atoms with Crippen molar-refractivity contribution >= 4 is 0 Å². The molecule has 0 atom stereocenters. The van der Waals surface area contributed by atoms with Crippen LogP contribution in [-0.2, 0) is 6.54 Å². The molecule has 0 amide bonds. The SMILES string of the molecule is C=CCCOc1cc(F)cc(CNCC)c1. The van der Waals surface area contributed by atoms with E-state index in [1.54, 1.807) is 6.08 Å². The molecule has 0 bridgehead atoms. The summed E-state index contributed by atoms with van der Waals surface area (Å²) in [5.41, 5.74) is 0.899. The average Bonchev–Trinajstić information content (AvgIpc) is 2.26. The van der Waals surface area contributed by atoms with Gasteiger partial charge in [0.05, 0.1) is 6.61 Å². The van der Waals surface area contributed by atoms with Crippen LogP contribution in [-0.4, -0.2) is 13.2 Å². The maximum atomic E-state index is 13.2. The minimum Gasteiger partial charge on any atom is -0.493 e. The Bertz CT molecular complexity index is 339. The molecule has 88 valence electrons. The lowest BCUT2D eigenvalue weighted by Gasteiger charge is -2.08. The van der Waals surface area contributed by atoms with Crippen molar-refractivity contribution in [2.24, 2.45) is 0 Å². The Hall–Kier alpha value is -1.35. The molecule has 0 radical (unpaired) electrons. The second-order valence-corrected chi connectivity index (χ2v) is 3.50. The molecular formula is C13H18FNO. The molecule has 0 aliphatic carbocycles. The topological polar surface area (TPSA) is 21.3 Å². The predicted octanol–water partition coefficient (Wildman–Crippen LogP) is 2.89. The van der Waals surface area contributed by atoms with E-state index in [0.717, 1.165) is 18.5 Å². The van der Waals surface area contributed by atoms with Gasteiger partial charge in [-0.25, -0.2) is 4.39 Å². The first-order valence-electron chi connectivity index (χ1n) is 5.50. The molecule has 0 saturated heterocycles. The Balaban J connectivity index is 2.61. The summed E-state index contributed by atoms with van der Waals surface area (Å²) in [7, 11) is 0. The fraction of sp³-hybridized carbons (Fsp3) is 0.385. The maximum Gasteiger partial charge on any atom is 0.127 e. The molecule has 16 heavy (non-hydrogen) atoms. The lowest BCUT2D eigenvalue weighted by Crippen LogP contribution is -2.12. The van der Waals surface area contributed by atoms with Gasteiger partial charge >= 0.3 is 0 Å². The monoisotopic (exact) mass is 223 g/mol. The van der Waals surface area contributed by atoms with Crippen LogP contribution < -0.4 is 10.1 Å². The zero-order valence-corrected chi connectivity index (χ0v) is 9.63. The van der Waals surface area contributed by atoms with Crippen LogP contribution in [0.5, 0.6) is 5.75 Å². The molecular weight excluding hydrogens is 205 g/mol. The highest BCUT2D eigenvalue weighted by atomic mass is 19.1. The summed E-state index contributed by atoms with van der Waals surface area (Å²) in [5, 5.41) is 3.15. The van der Waals surface area contributed by atoms with Gasteiger partial charge < -0.3 is 10.1 Å². The summed E-state index contributed by atoms with van der Waals surface area (Å²) in [6, 6.07) is 4.77. The van der Waals surface area contributed by atoms with E-state index in [-0.39, 0.29) is 5.82 Å². The largest absolute Gasteiger partial charge is 0.493 e. The first-order chi connectivity index (χ1) is 7.76. The van der Waals surface area contributed by atoms with Crippen LogP contribution >= 0.6 is 0 Å². The highest BCUT2D eigenvalue weighted by Crippen LogP contribution is 2.16. The van der Waals surface area contributed by atoms with Crippen molar-refractivity contribution in [1.82, 2.24) is 5.32 Å². The highest BCUT2D eigenvalue weighted by molar-refractivity contribution is 5.29. The molecule has 0 unspecified atom stereocenters. The van der Waals surface area contributed by atoms with E-state index in [9.17, 15) is 4.39 Å². The Kier molecular flexibility index (Phi) is 5.57. The number of hydrogen-bond donors (Lipinski definition) is 1. The van der Waals surface area contributed by atoms with E-state index in [1.807, 2.05) is 13.0 Å². The molecule has 1 N–H and O–H groups in total. The van der Waals surface area contributed by atoms with E-state index in [0.29, 0.717) is 18.9 Å².